The first-order valence-corrected chi connectivity index (χ1v) is 4.88. The van der Waals surface area contributed by atoms with E-state index in [-0.39, 0.29) is 11.8 Å². The molecule has 0 amide bonds. The fourth-order valence-electron chi connectivity index (χ4n) is 0.909. The first-order valence-electron chi connectivity index (χ1n) is 3.56. The van der Waals surface area contributed by atoms with Crippen molar-refractivity contribution in [3.05, 3.63) is 22.4 Å². The van der Waals surface area contributed by atoms with Gasteiger partial charge < -0.3 is 5.11 Å². The summed E-state index contributed by atoms with van der Waals surface area (Å²) in [5.74, 6) is -0.841. The molecule has 0 aliphatic rings. The zero-order chi connectivity index (χ0) is 8.97. The maximum atomic E-state index is 10.3. The molecule has 66 valence electrons. The molecule has 0 spiro atoms. The van der Waals surface area contributed by atoms with E-state index in [0.29, 0.717) is 6.42 Å². The van der Waals surface area contributed by atoms with Crippen LogP contribution in [0, 0.1) is 0 Å². The second kappa shape index (κ2) is 4.48. The van der Waals surface area contributed by atoms with Crippen LogP contribution in [0.4, 0.5) is 0 Å². The van der Waals surface area contributed by atoms with Gasteiger partial charge in [-0.3, -0.25) is 4.79 Å². The van der Waals surface area contributed by atoms with E-state index >= 15 is 0 Å². The Morgan fingerprint density at radius 3 is 3.00 bits per heavy atom. The standard InChI is InChI=1S/C8H9ClO2S/c9-6(5-8(10)11)4-7-2-1-3-12-7/h1-3,6H,4-5H2,(H,10,11). The summed E-state index contributed by atoms with van der Waals surface area (Å²) in [4.78, 5) is 11.4. The van der Waals surface area contributed by atoms with Crippen LogP contribution in [0.15, 0.2) is 17.5 Å². The molecular formula is C8H9ClO2S. The molecule has 0 fully saturated rings. The highest BCUT2D eigenvalue weighted by Gasteiger charge is 2.10. The average Bonchev–Trinajstić information content (AvgIpc) is 2.37. The van der Waals surface area contributed by atoms with Gasteiger partial charge in [0.25, 0.3) is 0 Å². The normalized spacial score (nSPS) is 12.8. The monoisotopic (exact) mass is 204 g/mol. The van der Waals surface area contributed by atoms with E-state index in [1.807, 2.05) is 17.5 Å². The van der Waals surface area contributed by atoms with Gasteiger partial charge in [0.05, 0.1) is 6.42 Å². The van der Waals surface area contributed by atoms with Crippen molar-refractivity contribution in [1.29, 1.82) is 0 Å². The summed E-state index contributed by atoms with van der Waals surface area (Å²) in [6, 6.07) is 3.90. The predicted octanol–water partition coefficient (Wildman–Crippen LogP) is 2.37. The van der Waals surface area contributed by atoms with Crippen LogP contribution in [0.5, 0.6) is 0 Å². The minimum atomic E-state index is -0.841. The van der Waals surface area contributed by atoms with Crippen LogP contribution < -0.4 is 0 Å². The van der Waals surface area contributed by atoms with Crippen molar-refractivity contribution in [2.75, 3.05) is 0 Å². The highest BCUT2D eigenvalue weighted by atomic mass is 35.5. The van der Waals surface area contributed by atoms with Gasteiger partial charge in [-0.2, -0.15) is 0 Å². The van der Waals surface area contributed by atoms with Crippen LogP contribution in [0.1, 0.15) is 11.3 Å². The molecule has 12 heavy (non-hydrogen) atoms. The second-order valence-corrected chi connectivity index (χ2v) is 4.13. The average molecular weight is 205 g/mol. The lowest BCUT2D eigenvalue weighted by Crippen LogP contribution is -2.09. The van der Waals surface area contributed by atoms with E-state index in [1.165, 1.54) is 0 Å². The fourth-order valence-corrected chi connectivity index (χ4v) is 2.08. The molecule has 1 atom stereocenters. The zero-order valence-electron chi connectivity index (χ0n) is 6.37. The first kappa shape index (κ1) is 9.55. The number of aliphatic carboxylic acids is 1. The van der Waals surface area contributed by atoms with Gasteiger partial charge in [0, 0.05) is 10.3 Å². The minimum absolute atomic E-state index is 0.0272. The number of alkyl halides is 1. The maximum absolute atomic E-state index is 10.3. The quantitative estimate of drug-likeness (QED) is 0.765. The van der Waals surface area contributed by atoms with Crippen molar-refractivity contribution in [2.24, 2.45) is 0 Å². The summed E-state index contributed by atoms with van der Waals surface area (Å²) in [6.45, 7) is 0. The van der Waals surface area contributed by atoms with Gasteiger partial charge in [-0.25, -0.2) is 0 Å². The Morgan fingerprint density at radius 1 is 1.75 bits per heavy atom. The molecule has 0 saturated carbocycles. The molecular weight excluding hydrogens is 196 g/mol. The van der Waals surface area contributed by atoms with Crippen LogP contribution in [-0.4, -0.2) is 16.5 Å². The van der Waals surface area contributed by atoms with E-state index in [9.17, 15) is 4.79 Å². The number of thiophene rings is 1. The number of carboxylic acid groups (broad SMARTS) is 1. The van der Waals surface area contributed by atoms with Crippen LogP contribution in [0.25, 0.3) is 0 Å². The first-order chi connectivity index (χ1) is 5.68. The number of carboxylic acids is 1. The van der Waals surface area contributed by atoms with Gasteiger partial charge in [0.15, 0.2) is 0 Å². The van der Waals surface area contributed by atoms with Crippen molar-refractivity contribution in [1.82, 2.24) is 0 Å². The Bertz CT molecular complexity index is 246. The number of rotatable bonds is 4. The van der Waals surface area contributed by atoms with Gasteiger partial charge in [0.1, 0.15) is 0 Å². The summed E-state index contributed by atoms with van der Waals surface area (Å²) in [6.07, 6.45) is 0.672. The summed E-state index contributed by atoms with van der Waals surface area (Å²) in [5, 5.41) is 10.1. The van der Waals surface area contributed by atoms with Gasteiger partial charge in [-0.1, -0.05) is 6.07 Å². The van der Waals surface area contributed by atoms with E-state index in [0.717, 1.165) is 4.88 Å². The highest BCUT2D eigenvalue weighted by molar-refractivity contribution is 7.09. The molecule has 0 radical (unpaired) electrons. The van der Waals surface area contributed by atoms with E-state index in [4.69, 9.17) is 16.7 Å². The van der Waals surface area contributed by atoms with Gasteiger partial charge >= 0.3 is 5.97 Å². The molecule has 2 nitrogen and oxygen atoms in total. The fraction of sp³-hybridized carbons (Fsp3) is 0.375. The minimum Gasteiger partial charge on any atom is -0.481 e. The Kier molecular flexibility index (Phi) is 3.56. The predicted molar refractivity (Wildman–Crippen MR) is 49.9 cm³/mol. The highest BCUT2D eigenvalue weighted by Crippen LogP contribution is 2.15. The third-order valence-corrected chi connectivity index (χ3v) is 2.61. The summed E-state index contributed by atoms with van der Waals surface area (Å²) in [5.41, 5.74) is 0. The molecule has 1 aromatic rings. The third kappa shape index (κ3) is 3.24. The molecule has 0 bridgehead atoms. The van der Waals surface area contributed by atoms with Crippen LogP contribution >= 0.6 is 22.9 Å². The van der Waals surface area contributed by atoms with Crippen molar-refractivity contribution in [3.63, 3.8) is 0 Å². The van der Waals surface area contributed by atoms with Crippen molar-refractivity contribution in [2.45, 2.75) is 18.2 Å². The Morgan fingerprint density at radius 2 is 2.50 bits per heavy atom. The molecule has 0 aromatic carbocycles. The smallest absolute Gasteiger partial charge is 0.304 e. The molecule has 1 unspecified atom stereocenters. The van der Waals surface area contributed by atoms with Crippen LogP contribution in [0.3, 0.4) is 0 Å². The topological polar surface area (TPSA) is 37.3 Å². The molecule has 4 heteroatoms. The van der Waals surface area contributed by atoms with Crippen molar-refractivity contribution >= 4 is 28.9 Å². The number of halogens is 1. The maximum Gasteiger partial charge on any atom is 0.304 e. The Labute approximate surface area is 79.8 Å². The zero-order valence-corrected chi connectivity index (χ0v) is 7.94. The van der Waals surface area contributed by atoms with Gasteiger partial charge in [-0.15, -0.1) is 22.9 Å². The SMILES string of the molecule is O=C(O)CC(Cl)Cc1cccs1. The Balaban J connectivity index is 2.36. The summed E-state index contributed by atoms with van der Waals surface area (Å²) in [7, 11) is 0. The molecule has 0 aliphatic heterocycles. The van der Waals surface area contributed by atoms with E-state index < -0.39 is 5.97 Å². The van der Waals surface area contributed by atoms with Crippen molar-refractivity contribution < 1.29 is 9.90 Å². The molecule has 0 saturated heterocycles. The summed E-state index contributed by atoms with van der Waals surface area (Å²) >= 11 is 7.39. The number of hydrogen-bond donors (Lipinski definition) is 1. The van der Waals surface area contributed by atoms with Crippen LogP contribution in [-0.2, 0) is 11.2 Å². The lowest BCUT2D eigenvalue weighted by atomic mass is 10.2. The largest absolute Gasteiger partial charge is 0.481 e. The molecule has 1 aromatic heterocycles. The lowest BCUT2D eigenvalue weighted by molar-refractivity contribution is -0.137. The van der Waals surface area contributed by atoms with E-state index in [2.05, 4.69) is 0 Å². The van der Waals surface area contributed by atoms with Crippen LogP contribution in [0.2, 0.25) is 0 Å². The lowest BCUT2D eigenvalue weighted by Gasteiger charge is -2.02. The molecule has 1 rings (SSSR count). The molecule has 1 heterocycles. The second-order valence-electron chi connectivity index (χ2n) is 2.48. The number of hydrogen-bond acceptors (Lipinski definition) is 2. The van der Waals surface area contributed by atoms with E-state index in [1.54, 1.807) is 11.3 Å². The van der Waals surface area contributed by atoms with Crippen molar-refractivity contribution in [3.8, 4) is 0 Å². The van der Waals surface area contributed by atoms with Gasteiger partial charge in [-0.05, 0) is 17.9 Å². The third-order valence-electron chi connectivity index (χ3n) is 1.40. The number of carbonyl (C=O) groups is 1. The molecule has 0 aliphatic carbocycles. The Hall–Kier alpha value is -0.540. The van der Waals surface area contributed by atoms with Gasteiger partial charge in [0.2, 0.25) is 0 Å². The molecule has 1 N–H and O–H groups in total. The summed E-state index contributed by atoms with van der Waals surface area (Å²) < 4.78 is 0.